The number of nitrogens with zero attached hydrogens (tertiary/aromatic N) is 2. The van der Waals surface area contributed by atoms with Crippen molar-refractivity contribution in [3.63, 3.8) is 0 Å². The zero-order chi connectivity index (χ0) is 23.3. The van der Waals surface area contributed by atoms with E-state index < -0.39 is 10.0 Å². The third-order valence-electron chi connectivity index (χ3n) is 5.50. The molecule has 1 unspecified atom stereocenters. The Bertz CT molecular complexity index is 1180. The number of amides is 1. The van der Waals surface area contributed by atoms with Crippen LogP contribution < -0.4 is 9.04 Å². The van der Waals surface area contributed by atoms with Crippen LogP contribution in [-0.4, -0.2) is 39.9 Å². The van der Waals surface area contributed by atoms with E-state index in [1.54, 1.807) is 48.4 Å². The molecule has 3 rings (SSSR count). The van der Waals surface area contributed by atoms with Gasteiger partial charge in [0.15, 0.2) is 0 Å². The molecule has 0 radical (unpaired) electrons. The number of carbonyl (C=O) groups excluding carboxylic acids is 1. The van der Waals surface area contributed by atoms with Gasteiger partial charge in [-0.3, -0.25) is 9.10 Å². The zero-order valence-electron chi connectivity index (χ0n) is 18.7. The Morgan fingerprint density at radius 3 is 2.31 bits per heavy atom. The van der Waals surface area contributed by atoms with Gasteiger partial charge in [0, 0.05) is 19.2 Å². The first-order valence-corrected chi connectivity index (χ1v) is 11.8. The number of anilines is 1. The van der Waals surface area contributed by atoms with E-state index >= 15 is 0 Å². The van der Waals surface area contributed by atoms with Gasteiger partial charge in [-0.1, -0.05) is 36.4 Å². The highest BCUT2D eigenvalue weighted by molar-refractivity contribution is 7.92. The Balaban J connectivity index is 1.91. The third-order valence-corrected chi connectivity index (χ3v) is 7.29. The lowest BCUT2D eigenvalue weighted by molar-refractivity contribution is 0.0702. The second kappa shape index (κ2) is 9.87. The predicted molar refractivity (Wildman–Crippen MR) is 127 cm³/mol. The molecule has 0 aliphatic carbocycles. The summed E-state index contributed by atoms with van der Waals surface area (Å²) in [5, 5.41) is 0. The van der Waals surface area contributed by atoms with Gasteiger partial charge in [0.1, 0.15) is 5.75 Å². The van der Waals surface area contributed by atoms with Gasteiger partial charge < -0.3 is 9.64 Å². The van der Waals surface area contributed by atoms with Crippen molar-refractivity contribution >= 4 is 21.6 Å². The number of carbonyl (C=O) groups is 1. The molecule has 0 fully saturated rings. The van der Waals surface area contributed by atoms with Crippen LogP contribution in [0.5, 0.6) is 5.75 Å². The van der Waals surface area contributed by atoms with Crippen LogP contribution in [0.15, 0.2) is 83.8 Å². The second-order valence-electron chi connectivity index (χ2n) is 7.38. The fraction of sp³-hybridized carbons (Fsp3) is 0.240. The van der Waals surface area contributed by atoms with E-state index in [2.05, 4.69) is 0 Å². The highest BCUT2D eigenvalue weighted by Crippen LogP contribution is 2.27. The summed E-state index contributed by atoms with van der Waals surface area (Å²) < 4.78 is 32.8. The SMILES string of the molecule is CCN(C(=O)c1cccc(S(=O)(=O)N(C)c2ccccc2)c1)C(C)c1cccc(OC)c1. The van der Waals surface area contributed by atoms with Gasteiger partial charge in [-0.25, -0.2) is 8.42 Å². The highest BCUT2D eigenvalue weighted by Gasteiger charge is 2.25. The molecular weight excluding hydrogens is 424 g/mol. The van der Waals surface area contributed by atoms with Gasteiger partial charge in [-0.05, 0) is 61.9 Å². The van der Waals surface area contributed by atoms with E-state index in [9.17, 15) is 13.2 Å². The molecule has 3 aromatic carbocycles. The van der Waals surface area contributed by atoms with Gasteiger partial charge in [0.05, 0.1) is 23.7 Å². The van der Waals surface area contributed by atoms with Crippen molar-refractivity contribution in [3.05, 3.63) is 90.0 Å². The second-order valence-corrected chi connectivity index (χ2v) is 9.35. The quantitative estimate of drug-likeness (QED) is 0.495. The Morgan fingerprint density at radius 2 is 1.66 bits per heavy atom. The Morgan fingerprint density at radius 1 is 0.969 bits per heavy atom. The smallest absolute Gasteiger partial charge is 0.264 e. The maximum Gasteiger partial charge on any atom is 0.264 e. The van der Waals surface area contributed by atoms with Crippen molar-refractivity contribution in [3.8, 4) is 5.75 Å². The molecule has 0 N–H and O–H groups in total. The molecule has 0 saturated heterocycles. The molecule has 0 aromatic heterocycles. The first kappa shape index (κ1) is 23.3. The van der Waals surface area contributed by atoms with E-state index in [0.29, 0.717) is 17.8 Å². The van der Waals surface area contributed by atoms with E-state index in [1.165, 1.54) is 23.5 Å². The largest absolute Gasteiger partial charge is 0.497 e. The minimum atomic E-state index is -3.82. The number of benzene rings is 3. The first-order valence-electron chi connectivity index (χ1n) is 10.4. The van der Waals surface area contributed by atoms with E-state index in [-0.39, 0.29) is 16.8 Å². The maximum atomic E-state index is 13.4. The van der Waals surface area contributed by atoms with Crippen molar-refractivity contribution in [1.29, 1.82) is 0 Å². The summed E-state index contributed by atoms with van der Waals surface area (Å²) in [4.78, 5) is 15.1. The van der Waals surface area contributed by atoms with Crippen molar-refractivity contribution < 1.29 is 17.9 Å². The lowest BCUT2D eigenvalue weighted by Gasteiger charge is -2.29. The summed E-state index contributed by atoms with van der Waals surface area (Å²) in [6.45, 7) is 4.32. The fourth-order valence-corrected chi connectivity index (χ4v) is 4.81. The number of methoxy groups -OCH3 is 1. The van der Waals surface area contributed by atoms with E-state index in [4.69, 9.17) is 4.74 Å². The van der Waals surface area contributed by atoms with Crippen LogP contribution in [0.2, 0.25) is 0 Å². The van der Waals surface area contributed by atoms with Gasteiger partial charge >= 0.3 is 0 Å². The molecule has 1 amide bonds. The molecular formula is C25H28N2O4S. The Hall–Kier alpha value is -3.32. The molecule has 1 atom stereocenters. The summed E-state index contributed by atoms with van der Waals surface area (Å²) >= 11 is 0. The summed E-state index contributed by atoms with van der Waals surface area (Å²) in [6, 6.07) is 22.4. The van der Waals surface area contributed by atoms with Crippen LogP contribution in [-0.2, 0) is 10.0 Å². The molecule has 0 bridgehead atoms. The zero-order valence-corrected chi connectivity index (χ0v) is 19.5. The van der Waals surface area contributed by atoms with Gasteiger partial charge in [0.2, 0.25) is 0 Å². The van der Waals surface area contributed by atoms with Crippen LogP contribution in [0.25, 0.3) is 0 Å². The van der Waals surface area contributed by atoms with Crippen molar-refractivity contribution in [1.82, 2.24) is 4.90 Å². The molecule has 0 aliphatic rings. The number of rotatable bonds is 8. The van der Waals surface area contributed by atoms with E-state index in [0.717, 1.165) is 11.3 Å². The molecule has 6 nitrogen and oxygen atoms in total. The van der Waals surface area contributed by atoms with Crippen LogP contribution in [0, 0.1) is 0 Å². The minimum absolute atomic E-state index is 0.0692. The first-order chi connectivity index (χ1) is 15.3. The monoisotopic (exact) mass is 452 g/mol. The van der Waals surface area contributed by atoms with Crippen molar-refractivity contribution in [2.75, 3.05) is 25.0 Å². The molecule has 0 heterocycles. The van der Waals surface area contributed by atoms with E-state index in [1.807, 2.05) is 44.2 Å². The molecule has 32 heavy (non-hydrogen) atoms. The fourth-order valence-electron chi connectivity index (χ4n) is 3.56. The van der Waals surface area contributed by atoms with Crippen LogP contribution >= 0.6 is 0 Å². The predicted octanol–water partition coefficient (Wildman–Crippen LogP) is 4.74. The summed E-state index contributed by atoms with van der Waals surface area (Å²) in [7, 11) is -0.711. The summed E-state index contributed by atoms with van der Waals surface area (Å²) in [6.07, 6.45) is 0. The van der Waals surface area contributed by atoms with Crippen molar-refractivity contribution in [2.45, 2.75) is 24.8 Å². The number of para-hydroxylation sites is 1. The average Bonchev–Trinajstić information content (AvgIpc) is 2.84. The maximum absolute atomic E-state index is 13.4. The summed E-state index contributed by atoms with van der Waals surface area (Å²) in [5.74, 6) is 0.483. The number of hydrogen-bond acceptors (Lipinski definition) is 4. The lowest BCUT2D eigenvalue weighted by Crippen LogP contribution is -2.33. The topological polar surface area (TPSA) is 66.9 Å². The van der Waals surface area contributed by atoms with Crippen LogP contribution in [0.4, 0.5) is 5.69 Å². The van der Waals surface area contributed by atoms with Crippen molar-refractivity contribution in [2.24, 2.45) is 0 Å². The molecule has 168 valence electrons. The van der Waals surface area contributed by atoms with Crippen LogP contribution in [0.1, 0.15) is 35.8 Å². The normalized spacial score (nSPS) is 12.1. The average molecular weight is 453 g/mol. The molecule has 0 spiro atoms. The number of sulfonamides is 1. The molecule has 0 saturated carbocycles. The van der Waals surface area contributed by atoms with Gasteiger partial charge in [-0.15, -0.1) is 0 Å². The minimum Gasteiger partial charge on any atom is -0.497 e. The van der Waals surface area contributed by atoms with Crippen LogP contribution in [0.3, 0.4) is 0 Å². The highest BCUT2D eigenvalue weighted by atomic mass is 32.2. The number of ether oxygens (including phenoxy) is 1. The Labute approximate surface area is 190 Å². The Kier molecular flexibility index (Phi) is 7.20. The molecule has 0 aliphatic heterocycles. The third kappa shape index (κ3) is 4.78. The van der Waals surface area contributed by atoms with Gasteiger partial charge in [-0.2, -0.15) is 0 Å². The molecule has 3 aromatic rings. The standard InChI is InChI=1S/C25H28N2O4S/c1-5-27(19(2)20-11-9-15-23(17-20)31-4)25(28)21-12-10-16-24(18-21)32(29,30)26(3)22-13-7-6-8-14-22/h6-19H,5H2,1-4H3. The van der Waals surface area contributed by atoms with Gasteiger partial charge in [0.25, 0.3) is 15.9 Å². The lowest BCUT2D eigenvalue weighted by atomic mass is 10.1. The summed E-state index contributed by atoms with van der Waals surface area (Å²) in [5.41, 5.74) is 1.81. The number of hydrogen-bond donors (Lipinski definition) is 0. The molecule has 7 heteroatoms.